The van der Waals surface area contributed by atoms with Gasteiger partial charge in [0, 0.05) is 26.7 Å². The molecular formula is C24H34O9. The summed E-state index contributed by atoms with van der Waals surface area (Å²) in [6.07, 6.45) is -1.46. The summed E-state index contributed by atoms with van der Waals surface area (Å²) in [5.74, 6) is -1.18. The minimum Gasteiger partial charge on any atom is -0.465 e. The standard InChI is InChI=1S/C24H34O9/c1-12(2)7-18(27)32-16-9-23(10-29-14(4)25)17(8-13(16)3)33-21-19(28)20(31-15(5)26)22(23,6)24(21)11-30-24/h8,12,16-17,19-21,28H,7,9-11H2,1-6H3/t16-,17+,19+,20-,21+,22+,23+,24-/m0/s1. The van der Waals surface area contributed by atoms with Crippen molar-refractivity contribution >= 4 is 17.9 Å². The molecule has 0 aromatic carbocycles. The van der Waals surface area contributed by atoms with E-state index in [2.05, 4.69) is 0 Å². The molecule has 9 nitrogen and oxygen atoms in total. The number of hydrogen-bond acceptors (Lipinski definition) is 9. The number of fused-ring (bicyclic) bond motifs is 2. The highest BCUT2D eigenvalue weighted by Crippen LogP contribution is 2.72. The summed E-state index contributed by atoms with van der Waals surface area (Å²) >= 11 is 0. The maximum atomic E-state index is 12.5. The Morgan fingerprint density at radius 1 is 1.21 bits per heavy atom. The van der Waals surface area contributed by atoms with Crippen LogP contribution in [0.2, 0.25) is 0 Å². The summed E-state index contributed by atoms with van der Waals surface area (Å²) in [4.78, 5) is 36.4. The first-order chi connectivity index (χ1) is 15.4. The lowest BCUT2D eigenvalue weighted by atomic mass is 9.51. The third-order valence-corrected chi connectivity index (χ3v) is 8.00. The Labute approximate surface area is 193 Å². The molecule has 1 saturated carbocycles. The average molecular weight is 467 g/mol. The average Bonchev–Trinajstić information content (AvgIpc) is 3.48. The molecule has 3 fully saturated rings. The molecule has 1 N–H and O–H groups in total. The zero-order valence-electron chi connectivity index (χ0n) is 20.1. The number of aliphatic hydroxyl groups is 1. The van der Waals surface area contributed by atoms with Gasteiger partial charge in [0.15, 0.2) is 0 Å². The van der Waals surface area contributed by atoms with Crippen LogP contribution in [0, 0.1) is 16.7 Å². The second-order valence-corrected chi connectivity index (χ2v) is 10.5. The van der Waals surface area contributed by atoms with Crippen LogP contribution in [-0.4, -0.2) is 72.3 Å². The van der Waals surface area contributed by atoms with E-state index in [-0.39, 0.29) is 31.3 Å². The van der Waals surface area contributed by atoms with E-state index < -0.39 is 58.9 Å². The molecular weight excluding hydrogens is 432 g/mol. The van der Waals surface area contributed by atoms with E-state index in [4.69, 9.17) is 23.7 Å². The molecule has 184 valence electrons. The van der Waals surface area contributed by atoms with Crippen LogP contribution in [0.4, 0.5) is 0 Å². The van der Waals surface area contributed by atoms with Crippen molar-refractivity contribution < 1.29 is 43.2 Å². The number of carbonyl (C=O) groups excluding carboxylic acids is 3. The van der Waals surface area contributed by atoms with E-state index >= 15 is 0 Å². The third-order valence-electron chi connectivity index (χ3n) is 8.00. The molecule has 0 aromatic rings. The molecule has 0 amide bonds. The Kier molecular flexibility index (Phi) is 5.90. The topological polar surface area (TPSA) is 121 Å². The van der Waals surface area contributed by atoms with Gasteiger partial charge in [-0.05, 0) is 18.4 Å². The van der Waals surface area contributed by atoms with Crippen molar-refractivity contribution in [3.8, 4) is 0 Å². The predicted molar refractivity (Wildman–Crippen MR) is 114 cm³/mol. The van der Waals surface area contributed by atoms with Crippen molar-refractivity contribution in [3.63, 3.8) is 0 Å². The van der Waals surface area contributed by atoms with Crippen molar-refractivity contribution in [1.82, 2.24) is 0 Å². The van der Waals surface area contributed by atoms with E-state index in [0.717, 1.165) is 5.57 Å². The molecule has 2 heterocycles. The summed E-state index contributed by atoms with van der Waals surface area (Å²) in [6, 6.07) is 0. The van der Waals surface area contributed by atoms with Crippen molar-refractivity contribution in [2.24, 2.45) is 16.7 Å². The fraction of sp³-hybridized carbons (Fsp3) is 0.792. The highest BCUT2D eigenvalue weighted by Gasteiger charge is 2.86. The molecule has 2 aliphatic carbocycles. The first-order valence-corrected chi connectivity index (χ1v) is 11.5. The fourth-order valence-electron chi connectivity index (χ4n) is 6.26. The van der Waals surface area contributed by atoms with Gasteiger partial charge in [-0.15, -0.1) is 0 Å². The summed E-state index contributed by atoms with van der Waals surface area (Å²) < 4.78 is 29.4. The summed E-state index contributed by atoms with van der Waals surface area (Å²) in [6.45, 7) is 10.5. The van der Waals surface area contributed by atoms with Gasteiger partial charge in [-0.2, -0.15) is 0 Å². The van der Waals surface area contributed by atoms with Gasteiger partial charge in [-0.3, -0.25) is 14.4 Å². The Morgan fingerprint density at radius 3 is 2.42 bits per heavy atom. The quantitative estimate of drug-likeness (QED) is 0.270. The molecule has 8 atom stereocenters. The van der Waals surface area contributed by atoms with Crippen LogP contribution in [0.3, 0.4) is 0 Å². The largest absolute Gasteiger partial charge is 0.465 e. The van der Waals surface area contributed by atoms with Crippen LogP contribution in [0.5, 0.6) is 0 Å². The number of ether oxygens (including phenoxy) is 5. The highest BCUT2D eigenvalue weighted by atomic mass is 16.7. The van der Waals surface area contributed by atoms with Crippen LogP contribution in [0.15, 0.2) is 11.6 Å². The summed E-state index contributed by atoms with van der Waals surface area (Å²) in [7, 11) is 0. The van der Waals surface area contributed by atoms with Crippen LogP contribution in [0.1, 0.15) is 54.4 Å². The molecule has 2 saturated heterocycles. The Morgan fingerprint density at radius 2 is 1.88 bits per heavy atom. The lowest BCUT2D eigenvalue weighted by Crippen LogP contribution is -2.68. The molecule has 4 rings (SSSR count). The number of rotatable bonds is 6. The maximum Gasteiger partial charge on any atom is 0.306 e. The Bertz CT molecular complexity index is 875. The van der Waals surface area contributed by atoms with E-state index in [1.165, 1.54) is 13.8 Å². The molecule has 0 aromatic heterocycles. The predicted octanol–water partition coefficient (Wildman–Crippen LogP) is 1.69. The lowest BCUT2D eigenvalue weighted by Gasteiger charge is -2.58. The Balaban J connectivity index is 1.79. The van der Waals surface area contributed by atoms with Crippen molar-refractivity contribution in [3.05, 3.63) is 11.6 Å². The molecule has 9 heteroatoms. The van der Waals surface area contributed by atoms with Gasteiger partial charge in [-0.25, -0.2) is 0 Å². The highest BCUT2D eigenvalue weighted by molar-refractivity contribution is 5.70. The number of carbonyl (C=O) groups is 3. The van der Waals surface area contributed by atoms with Crippen LogP contribution < -0.4 is 0 Å². The van der Waals surface area contributed by atoms with Gasteiger partial charge in [0.2, 0.25) is 0 Å². The maximum absolute atomic E-state index is 12.5. The monoisotopic (exact) mass is 466 g/mol. The van der Waals surface area contributed by atoms with E-state index in [1.54, 1.807) is 0 Å². The van der Waals surface area contributed by atoms with Gasteiger partial charge in [0.05, 0.1) is 23.5 Å². The van der Waals surface area contributed by atoms with Crippen LogP contribution in [0.25, 0.3) is 0 Å². The second kappa shape index (κ2) is 8.06. The molecule has 2 aliphatic heterocycles. The van der Waals surface area contributed by atoms with Gasteiger partial charge in [-0.1, -0.05) is 26.8 Å². The smallest absolute Gasteiger partial charge is 0.306 e. The molecule has 4 aliphatic rings. The van der Waals surface area contributed by atoms with E-state index in [1.807, 2.05) is 33.8 Å². The second-order valence-electron chi connectivity index (χ2n) is 10.5. The van der Waals surface area contributed by atoms with Crippen molar-refractivity contribution in [1.29, 1.82) is 0 Å². The molecule has 0 radical (unpaired) electrons. The summed E-state index contributed by atoms with van der Waals surface area (Å²) in [5.41, 5.74) is -2.00. The minimum atomic E-state index is -1.11. The first-order valence-electron chi connectivity index (χ1n) is 11.5. The molecule has 33 heavy (non-hydrogen) atoms. The van der Waals surface area contributed by atoms with Crippen molar-refractivity contribution in [2.45, 2.75) is 90.5 Å². The molecule has 2 bridgehead atoms. The first kappa shape index (κ1) is 24.2. The minimum absolute atomic E-state index is 0.0617. The Hall–Kier alpha value is -1.97. The van der Waals surface area contributed by atoms with Crippen molar-refractivity contribution in [2.75, 3.05) is 13.2 Å². The number of esters is 3. The number of hydrogen-bond donors (Lipinski definition) is 1. The lowest BCUT2D eigenvalue weighted by molar-refractivity contribution is -0.241. The fourth-order valence-corrected chi connectivity index (χ4v) is 6.26. The molecule has 0 unspecified atom stereocenters. The summed E-state index contributed by atoms with van der Waals surface area (Å²) in [5, 5.41) is 11.2. The van der Waals surface area contributed by atoms with Gasteiger partial charge >= 0.3 is 17.9 Å². The number of aliphatic hydroxyl groups excluding tert-OH is 1. The van der Waals surface area contributed by atoms with Crippen LogP contribution >= 0.6 is 0 Å². The van der Waals surface area contributed by atoms with Gasteiger partial charge < -0.3 is 28.8 Å². The SMILES string of the molecule is CC(=O)OC[C@]12C[C@H](OC(=O)CC(C)C)C(C)=C[C@H]1O[C@@H]1[C@H](O)[C@H](OC(C)=O)[C@@]2(C)[C@]12CO2. The number of epoxide rings is 1. The van der Waals surface area contributed by atoms with E-state index in [0.29, 0.717) is 6.61 Å². The third kappa shape index (κ3) is 3.51. The van der Waals surface area contributed by atoms with E-state index in [9.17, 15) is 19.5 Å². The zero-order valence-corrected chi connectivity index (χ0v) is 20.1. The van der Waals surface area contributed by atoms with Gasteiger partial charge in [0.25, 0.3) is 0 Å². The molecule has 1 spiro atoms. The zero-order chi connectivity index (χ0) is 24.3. The van der Waals surface area contributed by atoms with Crippen LogP contribution in [-0.2, 0) is 38.1 Å². The van der Waals surface area contributed by atoms with Gasteiger partial charge in [0.1, 0.15) is 36.6 Å². The normalized spacial score (nSPS) is 43.0.